The number of rotatable bonds is 3. The molecule has 0 aromatic carbocycles. The number of primary sulfonamides is 1. The van der Waals surface area contributed by atoms with Crippen LogP contribution in [0.4, 0.5) is 0 Å². The molecule has 2 N–H and O–H groups in total. The van der Waals surface area contributed by atoms with Crippen LogP contribution >= 0.6 is 43.2 Å². The maximum absolute atomic E-state index is 11.5. The van der Waals surface area contributed by atoms with E-state index in [4.69, 9.17) is 5.14 Å². The highest BCUT2D eigenvalue weighted by Gasteiger charge is 2.25. The van der Waals surface area contributed by atoms with Gasteiger partial charge < -0.3 is 0 Å². The molecule has 104 valence electrons. The van der Waals surface area contributed by atoms with Gasteiger partial charge in [0, 0.05) is 11.6 Å². The van der Waals surface area contributed by atoms with Crippen molar-refractivity contribution in [3.05, 3.63) is 13.6 Å². The van der Waals surface area contributed by atoms with Crippen LogP contribution in [0.3, 0.4) is 0 Å². The van der Waals surface area contributed by atoms with E-state index < -0.39 is 10.0 Å². The van der Waals surface area contributed by atoms with Crippen molar-refractivity contribution in [2.24, 2.45) is 5.14 Å². The quantitative estimate of drug-likeness (QED) is 0.811. The summed E-state index contributed by atoms with van der Waals surface area (Å²) in [6.45, 7) is 3.69. The molecule has 0 fully saturated rings. The standard InChI is InChI=1S/C9H10Br2N4O2S2/c1-4(2)15-8(5-3-6(10)18-7(5)11)13-14-9(15)19(12,16)17/h3-4H,1-2H3,(H2,12,16,17). The monoisotopic (exact) mass is 428 g/mol. The van der Waals surface area contributed by atoms with Gasteiger partial charge in [0.25, 0.3) is 15.2 Å². The average molecular weight is 430 g/mol. The summed E-state index contributed by atoms with van der Waals surface area (Å²) >= 11 is 8.27. The van der Waals surface area contributed by atoms with E-state index in [-0.39, 0.29) is 11.2 Å². The number of thiophene rings is 1. The van der Waals surface area contributed by atoms with Crippen LogP contribution in [0.15, 0.2) is 18.8 Å². The Kier molecular flexibility index (Phi) is 4.17. The Morgan fingerprint density at radius 2 is 2.00 bits per heavy atom. The second-order valence-electron chi connectivity index (χ2n) is 4.05. The smallest absolute Gasteiger partial charge is 0.273 e. The number of hydrogen-bond donors (Lipinski definition) is 1. The number of nitrogens with zero attached hydrogens (tertiary/aromatic N) is 3. The molecule has 0 amide bonds. The molecule has 0 radical (unpaired) electrons. The predicted octanol–water partition coefficient (Wildman–Crippen LogP) is 2.76. The molecule has 2 heterocycles. The molecule has 0 spiro atoms. The molecule has 10 heteroatoms. The number of hydrogen-bond acceptors (Lipinski definition) is 5. The van der Waals surface area contributed by atoms with Crippen LogP contribution in [0.2, 0.25) is 0 Å². The van der Waals surface area contributed by atoms with Crippen molar-refractivity contribution in [3.8, 4) is 11.4 Å². The van der Waals surface area contributed by atoms with Crippen LogP contribution in [-0.2, 0) is 10.0 Å². The molecule has 0 atom stereocenters. The lowest BCUT2D eigenvalue weighted by atomic mass is 10.3. The molecule has 0 aliphatic carbocycles. The Morgan fingerprint density at radius 3 is 2.42 bits per heavy atom. The molecule has 0 saturated heterocycles. The van der Waals surface area contributed by atoms with Gasteiger partial charge in [-0.05, 0) is 51.8 Å². The number of sulfonamides is 1. The molecule has 0 unspecified atom stereocenters. The van der Waals surface area contributed by atoms with E-state index >= 15 is 0 Å². The van der Waals surface area contributed by atoms with Gasteiger partial charge in [-0.15, -0.1) is 21.5 Å². The molecule has 0 aliphatic rings. The third kappa shape index (κ3) is 2.92. The fourth-order valence-electron chi connectivity index (χ4n) is 1.61. The zero-order valence-corrected chi connectivity index (χ0v) is 14.8. The summed E-state index contributed by atoms with van der Waals surface area (Å²) < 4.78 is 26.3. The number of nitrogens with two attached hydrogens (primary N) is 1. The van der Waals surface area contributed by atoms with Crippen molar-refractivity contribution >= 4 is 53.2 Å². The number of aromatic nitrogens is 3. The van der Waals surface area contributed by atoms with E-state index in [2.05, 4.69) is 42.1 Å². The molecule has 0 saturated carbocycles. The molecule has 2 aromatic heterocycles. The van der Waals surface area contributed by atoms with Gasteiger partial charge in [-0.2, -0.15) is 0 Å². The van der Waals surface area contributed by atoms with Crippen LogP contribution in [0, 0.1) is 0 Å². The summed E-state index contributed by atoms with van der Waals surface area (Å²) in [5.74, 6) is 0.466. The summed E-state index contributed by atoms with van der Waals surface area (Å²) in [7, 11) is -3.91. The highest BCUT2D eigenvalue weighted by molar-refractivity contribution is 9.12. The Hall–Kier alpha value is -0.290. The molecule has 2 aromatic rings. The van der Waals surface area contributed by atoms with Crippen LogP contribution in [0.1, 0.15) is 19.9 Å². The first kappa shape index (κ1) is 15.1. The van der Waals surface area contributed by atoms with Crippen LogP contribution < -0.4 is 5.14 Å². The highest BCUT2D eigenvalue weighted by Crippen LogP contribution is 2.38. The zero-order chi connectivity index (χ0) is 14.4. The first-order chi connectivity index (χ1) is 8.71. The van der Waals surface area contributed by atoms with Crippen molar-refractivity contribution in [1.29, 1.82) is 0 Å². The van der Waals surface area contributed by atoms with Crippen molar-refractivity contribution in [2.75, 3.05) is 0 Å². The topological polar surface area (TPSA) is 90.9 Å². The van der Waals surface area contributed by atoms with Crippen LogP contribution in [0.5, 0.6) is 0 Å². The van der Waals surface area contributed by atoms with Gasteiger partial charge in [-0.3, -0.25) is 4.57 Å². The van der Waals surface area contributed by atoms with Gasteiger partial charge in [-0.1, -0.05) is 0 Å². The van der Waals surface area contributed by atoms with Crippen molar-refractivity contribution in [1.82, 2.24) is 14.8 Å². The molecule has 19 heavy (non-hydrogen) atoms. The van der Waals surface area contributed by atoms with Crippen molar-refractivity contribution < 1.29 is 8.42 Å². The summed E-state index contributed by atoms with van der Waals surface area (Å²) in [5.41, 5.74) is 0.771. The second kappa shape index (κ2) is 5.24. The fourth-order valence-corrected chi connectivity index (χ4v) is 5.13. The van der Waals surface area contributed by atoms with Gasteiger partial charge in [0.2, 0.25) is 0 Å². The first-order valence-corrected chi connectivity index (χ1v) is 9.09. The Bertz CT molecular complexity index is 721. The Labute approximate surface area is 131 Å². The van der Waals surface area contributed by atoms with Crippen LogP contribution in [-0.4, -0.2) is 23.2 Å². The maximum Gasteiger partial charge on any atom is 0.273 e. The molecule has 6 nitrogen and oxygen atoms in total. The number of halogens is 2. The van der Waals surface area contributed by atoms with E-state index in [1.165, 1.54) is 15.9 Å². The van der Waals surface area contributed by atoms with Crippen LogP contribution in [0.25, 0.3) is 11.4 Å². The zero-order valence-electron chi connectivity index (χ0n) is 9.96. The van der Waals surface area contributed by atoms with Gasteiger partial charge in [-0.25, -0.2) is 13.6 Å². The fraction of sp³-hybridized carbons (Fsp3) is 0.333. The Balaban J connectivity index is 2.73. The largest absolute Gasteiger partial charge is 0.294 e. The first-order valence-electron chi connectivity index (χ1n) is 5.14. The second-order valence-corrected chi connectivity index (χ2v) is 9.26. The van der Waals surface area contributed by atoms with E-state index in [0.29, 0.717) is 5.82 Å². The summed E-state index contributed by atoms with van der Waals surface area (Å²) in [5, 5.41) is 12.6. The van der Waals surface area contributed by atoms with Crippen molar-refractivity contribution in [3.63, 3.8) is 0 Å². The minimum atomic E-state index is -3.91. The van der Waals surface area contributed by atoms with E-state index in [1.807, 2.05) is 19.9 Å². The molecule has 0 bridgehead atoms. The lowest BCUT2D eigenvalue weighted by Gasteiger charge is -2.12. The summed E-state index contributed by atoms with van der Waals surface area (Å²) in [6, 6.07) is 1.72. The summed E-state index contributed by atoms with van der Waals surface area (Å²) in [4.78, 5) is 0. The van der Waals surface area contributed by atoms with E-state index in [9.17, 15) is 8.42 Å². The molecule has 0 aliphatic heterocycles. The van der Waals surface area contributed by atoms with Gasteiger partial charge in [0.15, 0.2) is 5.82 Å². The molecule has 2 rings (SSSR count). The predicted molar refractivity (Wildman–Crippen MR) is 80.5 cm³/mol. The van der Waals surface area contributed by atoms with Gasteiger partial charge >= 0.3 is 0 Å². The normalized spacial score (nSPS) is 12.3. The molecular formula is C9H10Br2N4O2S2. The third-order valence-electron chi connectivity index (χ3n) is 2.33. The minimum absolute atomic E-state index is 0.135. The third-order valence-corrected chi connectivity index (χ3v) is 5.46. The summed E-state index contributed by atoms with van der Waals surface area (Å²) in [6.07, 6.45) is 0. The maximum atomic E-state index is 11.5. The molecular weight excluding hydrogens is 420 g/mol. The van der Waals surface area contributed by atoms with E-state index in [0.717, 1.165) is 13.1 Å². The van der Waals surface area contributed by atoms with Crippen molar-refractivity contribution in [2.45, 2.75) is 25.0 Å². The Morgan fingerprint density at radius 1 is 1.37 bits per heavy atom. The lowest BCUT2D eigenvalue weighted by molar-refractivity contribution is 0.524. The van der Waals surface area contributed by atoms with Gasteiger partial charge in [0.1, 0.15) is 0 Å². The lowest BCUT2D eigenvalue weighted by Crippen LogP contribution is -2.20. The average Bonchev–Trinajstić information content (AvgIpc) is 2.80. The van der Waals surface area contributed by atoms with Gasteiger partial charge in [0.05, 0.1) is 7.57 Å². The SMILES string of the molecule is CC(C)n1c(-c2cc(Br)sc2Br)nnc1S(N)(=O)=O. The highest BCUT2D eigenvalue weighted by atomic mass is 79.9. The minimum Gasteiger partial charge on any atom is -0.294 e. The van der Waals surface area contributed by atoms with E-state index in [1.54, 1.807) is 0 Å².